The van der Waals surface area contributed by atoms with Crippen LogP contribution in [0.5, 0.6) is 5.75 Å². The minimum absolute atomic E-state index is 0.183. The third-order valence-electron chi connectivity index (χ3n) is 4.73. The van der Waals surface area contributed by atoms with Crippen LogP contribution in [0.3, 0.4) is 0 Å². The molecule has 0 spiro atoms. The van der Waals surface area contributed by atoms with E-state index in [1.165, 1.54) is 23.5 Å². The molecular formula is C24H22FN3O3S. The molecule has 32 heavy (non-hydrogen) atoms. The van der Waals surface area contributed by atoms with Crippen molar-refractivity contribution in [1.29, 1.82) is 0 Å². The number of thiophene rings is 1. The Labute approximate surface area is 189 Å². The molecule has 0 unspecified atom stereocenters. The van der Waals surface area contributed by atoms with Gasteiger partial charge in [-0.2, -0.15) is 0 Å². The molecule has 0 aliphatic rings. The summed E-state index contributed by atoms with van der Waals surface area (Å²) in [6.07, 6.45) is 0.774. The fraction of sp³-hybridized carbons (Fsp3) is 0.208. The standard InChI is InChI=1S/C24H22FN3O3S/c1-2-13-28(15-22-26-27-23(31-22)21-8-5-14-32-21)24(29)19-6-3-4-7-20(19)30-16-17-9-11-18(25)12-10-17/h3-12,14H,2,13,15-16H2,1H3. The third kappa shape index (κ3) is 5.20. The summed E-state index contributed by atoms with van der Waals surface area (Å²) in [4.78, 5) is 15.9. The molecule has 0 aliphatic heterocycles. The Morgan fingerprint density at radius 2 is 1.91 bits per heavy atom. The second-order valence-corrected chi connectivity index (χ2v) is 8.06. The van der Waals surface area contributed by atoms with Crippen LogP contribution in [0.4, 0.5) is 4.39 Å². The van der Waals surface area contributed by atoms with Gasteiger partial charge in [-0.05, 0) is 47.7 Å². The number of aromatic nitrogens is 2. The van der Waals surface area contributed by atoms with Crippen molar-refractivity contribution in [3.8, 4) is 16.5 Å². The van der Waals surface area contributed by atoms with E-state index in [4.69, 9.17) is 9.15 Å². The molecule has 0 radical (unpaired) electrons. The first kappa shape index (κ1) is 21.7. The Kier molecular flexibility index (Phi) is 6.91. The van der Waals surface area contributed by atoms with Crippen molar-refractivity contribution in [3.63, 3.8) is 0 Å². The molecule has 0 N–H and O–H groups in total. The highest BCUT2D eigenvalue weighted by Gasteiger charge is 2.22. The van der Waals surface area contributed by atoms with Gasteiger partial charge >= 0.3 is 0 Å². The summed E-state index contributed by atoms with van der Waals surface area (Å²) in [7, 11) is 0. The number of hydrogen-bond acceptors (Lipinski definition) is 6. The zero-order valence-electron chi connectivity index (χ0n) is 17.5. The Bertz CT molecular complexity index is 1160. The Morgan fingerprint density at radius 3 is 2.66 bits per heavy atom. The molecule has 0 saturated carbocycles. The summed E-state index contributed by atoms with van der Waals surface area (Å²) >= 11 is 1.51. The molecular weight excluding hydrogens is 429 g/mol. The zero-order chi connectivity index (χ0) is 22.3. The topological polar surface area (TPSA) is 68.5 Å². The second kappa shape index (κ2) is 10.2. The summed E-state index contributed by atoms with van der Waals surface area (Å²) in [6, 6.07) is 17.0. The van der Waals surface area contributed by atoms with Crippen molar-refractivity contribution < 1.29 is 18.3 Å². The lowest BCUT2D eigenvalue weighted by Crippen LogP contribution is -2.31. The molecule has 0 bridgehead atoms. The number of benzene rings is 2. The number of halogens is 1. The van der Waals surface area contributed by atoms with E-state index in [2.05, 4.69) is 10.2 Å². The second-order valence-electron chi connectivity index (χ2n) is 7.12. The number of carbonyl (C=O) groups is 1. The maximum absolute atomic E-state index is 13.4. The Balaban J connectivity index is 1.50. The number of rotatable bonds is 9. The van der Waals surface area contributed by atoms with Crippen LogP contribution >= 0.6 is 11.3 Å². The zero-order valence-corrected chi connectivity index (χ0v) is 18.3. The van der Waals surface area contributed by atoms with Crippen LogP contribution in [0, 0.1) is 5.82 Å². The SMILES string of the molecule is CCCN(Cc1nnc(-c2cccs2)o1)C(=O)c1ccccc1OCc1ccc(F)cc1. The lowest BCUT2D eigenvalue weighted by Gasteiger charge is -2.22. The molecule has 1 amide bonds. The molecule has 164 valence electrons. The van der Waals surface area contributed by atoms with E-state index >= 15 is 0 Å². The number of amides is 1. The quantitative estimate of drug-likeness (QED) is 0.333. The molecule has 2 aromatic heterocycles. The van der Waals surface area contributed by atoms with E-state index in [1.807, 2.05) is 30.5 Å². The third-order valence-corrected chi connectivity index (χ3v) is 5.59. The Morgan fingerprint density at radius 1 is 1.09 bits per heavy atom. The highest BCUT2D eigenvalue weighted by atomic mass is 32.1. The number of carbonyl (C=O) groups excluding carboxylic acids is 1. The minimum atomic E-state index is -0.303. The smallest absolute Gasteiger partial charge is 0.258 e. The molecule has 4 aromatic rings. The van der Waals surface area contributed by atoms with Gasteiger partial charge in [-0.15, -0.1) is 21.5 Å². The highest BCUT2D eigenvalue weighted by Crippen LogP contribution is 2.25. The Hall–Kier alpha value is -3.52. The van der Waals surface area contributed by atoms with Gasteiger partial charge in [-0.3, -0.25) is 4.79 Å². The van der Waals surface area contributed by atoms with Crippen LogP contribution in [0.25, 0.3) is 10.8 Å². The van der Waals surface area contributed by atoms with E-state index < -0.39 is 0 Å². The first-order valence-electron chi connectivity index (χ1n) is 10.3. The van der Waals surface area contributed by atoms with Crippen LogP contribution in [0.15, 0.2) is 70.5 Å². The highest BCUT2D eigenvalue weighted by molar-refractivity contribution is 7.13. The number of para-hydroxylation sites is 1. The molecule has 0 atom stereocenters. The van der Waals surface area contributed by atoms with Crippen molar-refractivity contribution in [3.05, 3.63) is 88.9 Å². The fourth-order valence-electron chi connectivity index (χ4n) is 3.18. The number of nitrogens with zero attached hydrogens (tertiary/aromatic N) is 3. The van der Waals surface area contributed by atoms with Crippen molar-refractivity contribution in [2.75, 3.05) is 6.54 Å². The van der Waals surface area contributed by atoms with Gasteiger partial charge in [0.05, 0.1) is 17.0 Å². The van der Waals surface area contributed by atoms with Gasteiger partial charge < -0.3 is 14.1 Å². The molecule has 2 heterocycles. The van der Waals surface area contributed by atoms with Crippen molar-refractivity contribution in [2.24, 2.45) is 0 Å². The van der Waals surface area contributed by atoms with Crippen LogP contribution < -0.4 is 4.74 Å². The summed E-state index contributed by atoms with van der Waals surface area (Å²) in [5.41, 5.74) is 1.26. The maximum atomic E-state index is 13.4. The number of ether oxygens (including phenoxy) is 1. The summed E-state index contributed by atoms with van der Waals surface area (Å²) < 4.78 is 24.8. The van der Waals surface area contributed by atoms with Gasteiger partial charge in [0, 0.05) is 6.54 Å². The van der Waals surface area contributed by atoms with Crippen molar-refractivity contribution >= 4 is 17.2 Å². The van der Waals surface area contributed by atoms with Gasteiger partial charge in [-0.25, -0.2) is 4.39 Å². The van der Waals surface area contributed by atoms with Gasteiger partial charge in [0.1, 0.15) is 18.2 Å². The molecule has 4 rings (SSSR count). The van der Waals surface area contributed by atoms with Crippen LogP contribution in [-0.2, 0) is 13.2 Å². The molecule has 8 heteroatoms. The predicted molar refractivity (Wildman–Crippen MR) is 120 cm³/mol. The summed E-state index contributed by atoms with van der Waals surface area (Å²) in [5, 5.41) is 10.1. The summed E-state index contributed by atoms with van der Waals surface area (Å²) in [5.74, 6) is 0.801. The lowest BCUT2D eigenvalue weighted by molar-refractivity contribution is 0.0723. The average molecular weight is 452 g/mol. The monoisotopic (exact) mass is 451 g/mol. The van der Waals surface area contributed by atoms with E-state index in [0.717, 1.165) is 16.9 Å². The van der Waals surface area contributed by atoms with Crippen molar-refractivity contribution in [2.45, 2.75) is 26.5 Å². The normalized spacial score (nSPS) is 10.8. The van der Waals surface area contributed by atoms with Crippen LogP contribution in [0.2, 0.25) is 0 Å². The van der Waals surface area contributed by atoms with E-state index in [0.29, 0.717) is 29.6 Å². The fourth-order valence-corrected chi connectivity index (χ4v) is 3.83. The largest absolute Gasteiger partial charge is 0.488 e. The first-order chi connectivity index (χ1) is 15.6. The number of hydrogen-bond donors (Lipinski definition) is 0. The van der Waals surface area contributed by atoms with E-state index in [9.17, 15) is 9.18 Å². The molecule has 2 aromatic carbocycles. The van der Waals surface area contributed by atoms with Gasteiger partial charge in [-0.1, -0.05) is 37.3 Å². The molecule has 6 nitrogen and oxygen atoms in total. The molecule has 0 aliphatic carbocycles. The van der Waals surface area contributed by atoms with E-state index in [1.54, 1.807) is 35.2 Å². The van der Waals surface area contributed by atoms with E-state index in [-0.39, 0.29) is 24.9 Å². The van der Waals surface area contributed by atoms with Crippen LogP contribution in [0.1, 0.15) is 35.2 Å². The van der Waals surface area contributed by atoms with Gasteiger partial charge in [0.15, 0.2) is 0 Å². The van der Waals surface area contributed by atoms with Gasteiger partial charge in [0.25, 0.3) is 11.8 Å². The molecule has 0 saturated heterocycles. The average Bonchev–Trinajstić information content (AvgIpc) is 3.50. The molecule has 0 fully saturated rings. The maximum Gasteiger partial charge on any atom is 0.258 e. The van der Waals surface area contributed by atoms with Crippen LogP contribution in [-0.4, -0.2) is 27.5 Å². The lowest BCUT2D eigenvalue weighted by atomic mass is 10.1. The van der Waals surface area contributed by atoms with Gasteiger partial charge in [0.2, 0.25) is 5.89 Å². The summed E-state index contributed by atoms with van der Waals surface area (Å²) in [6.45, 7) is 2.97. The predicted octanol–water partition coefficient (Wildman–Crippen LogP) is 5.57. The van der Waals surface area contributed by atoms with Crippen molar-refractivity contribution in [1.82, 2.24) is 15.1 Å². The first-order valence-corrected chi connectivity index (χ1v) is 11.1. The minimum Gasteiger partial charge on any atom is -0.488 e.